The minimum Gasteiger partial charge on any atom is -0.466 e. The van der Waals surface area contributed by atoms with Gasteiger partial charge in [-0.3, -0.25) is 9.69 Å². The molecule has 166 valence electrons. The van der Waals surface area contributed by atoms with Gasteiger partial charge >= 0.3 is 5.97 Å². The number of nitrogens with zero attached hydrogens (tertiary/aromatic N) is 3. The van der Waals surface area contributed by atoms with E-state index in [9.17, 15) is 4.79 Å². The number of likely N-dealkylation sites (tertiary alicyclic amines) is 2. The summed E-state index contributed by atoms with van der Waals surface area (Å²) in [6.07, 6.45) is 5.69. The van der Waals surface area contributed by atoms with Crippen LogP contribution in [0.2, 0.25) is 0 Å². The lowest BCUT2D eigenvalue weighted by Crippen LogP contribution is -2.46. The predicted molar refractivity (Wildman–Crippen MR) is 121 cm³/mol. The van der Waals surface area contributed by atoms with Crippen LogP contribution in [-0.2, 0) is 22.6 Å². The molecule has 1 aromatic rings. The Morgan fingerprint density at radius 2 is 1.70 bits per heavy atom. The van der Waals surface area contributed by atoms with E-state index in [0.29, 0.717) is 13.2 Å². The Kier molecular flexibility index (Phi) is 9.00. The van der Waals surface area contributed by atoms with Crippen molar-refractivity contribution in [2.75, 3.05) is 39.3 Å². The summed E-state index contributed by atoms with van der Waals surface area (Å²) < 4.78 is 5.18. The summed E-state index contributed by atoms with van der Waals surface area (Å²) in [5.41, 5.74) is 2.62. The Morgan fingerprint density at radius 3 is 2.33 bits per heavy atom. The van der Waals surface area contributed by atoms with Gasteiger partial charge in [-0.25, -0.2) is 4.99 Å². The molecular weight excluding hydrogens is 376 g/mol. The summed E-state index contributed by atoms with van der Waals surface area (Å²) >= 11 is 0. The third-order valence-corrected chi connectivity index (χ3v) is 6.04. The minimum atomic E-state index is -0.0521. The third-order valence-electron chi connectivity index (χ3n) is 6.04. The fourth-order valence-corrected chi connectivity index (χ4v) is 4.30. The van der Waals surface area contributed by atoms with Crippen molar-refractivity contribution in [1.29, 1.82) is 0 Å². The van der Waals surface area contributed by atoms with E-state index in [4.69, 9.17) is 9.73 Å². The fraction of sp³-hybridized carbons (Fsp3) is 0.667. The summed E-state index contributed by atoms with van der Waals surface area (Å²) in [6.45, 7) is 11.1. The molecule has 1 aromatic carbocycles. The molecule has 6 nitrogen and oxygen atoms in total. The quantitative estimate of drug-likeness (QED) is 0.421. The van der Waals surface area contributed by atoms with E-state index in [-0.39, 0.29) is 11.9 Å². The third kappa shape index (κ3) is 6.73. The number of rotatable bonds is 7. The molecule has 0 aliphatic carbocycles. The molecule has 6 heteroatoms. The molecule has 0 bridgehead atoms. The van der Waals surface area contributed by atoms with Crippen LogP contribution in [-0.4, -0.2) is 61.1 Å². The lowest BCUT2D eigenvalue weighted by molar-refractivity contribution is -0.149. The molecule has 2 heterocycles. The number of carbonyl (C=O) groups is 1. The molecule has 0 amide bonds. The maximum Gasteiger partial charge on any atom is 0.309 e. The topological polar surface area (TPSA) is 57.2 Å². The summed E-state index contributed by atoms with van der Waals surface area (Å²) in [5, 5.41) is 3.41. The van der Waals surface area contributed by atoms with Crippen LogP contribution in [0.4, 0.5) is 0 Å². The molecule has 0 atom stereocenters. The van der Waals surface area contributed by atoms with Crippen LogP contribution in [0.25, 0.3) is 0 Å². The molecular formula is C24H38N4O2. The molecule has 0 saturated carbocycles. The van der Waals surface area contributed by atoms with Crippen LogP contribution >= 0.6 is 0 Å². The first-order chi connectivity index (χ1) is 14.7. The van der Waals surface area contributed by atoms with Crippen molar-refractivity contribution < 1.29 is 9.53 Å². The van der Waals surface area contributed by atoms with Gasteiger partial charge in [-0.1, -0.05) is 30.7 Å². The molecule has 2 aliphatic heterocycles. The van der Waals surface area contributed by atoms with Crippen LogP contribution in [0, 0.1) is 5.92 Å². The molecule has 0 aromatic heterocycles. The highest BCUT2D eigenvalue weighted by molar-refractivity contribution is 5.80. The van der Waals surface area contributed by atoms with Gasteiger partial charge < -0.3 is 15.0 Å². The maximum atomic E-state index is 12.0. The summed E-state index contributed by atoms with van der Waals surface area (Å²) in [5.74, 6) is 0.914. The normalized spacial score (nSPS) is 19.0. The highest BCUT2D eigenvalue weighted by atomic mass is 16.5. The molecule has 2 fully saturated rings. The number of hydrogen-bond donors (Lipinski definition) is 1. The average Bonchev–Trinajstić information content (AvgIpc) is 2.79. The largest absolute Gasteiger partial charge is 0.466 e. The number of benzene rings is 1. The minimum absolute atomic E-state index is 0.0246. The van der Waals surface area contributed by atoms with E-state index in [0.717, 1.165) is 45.0 Å². The monoisotopic (exact) mass is 414 g/mol. The zero-order valence-electron chi connectivity index (χ0n) is 18.7. The molecule has 2 aliphatic rings. The zero-order valence-corrected chi connectivity index (χ0v) is 18.7. The van der Waals surface area contributed by atoms with Gasteiger partial charge in [0.2, 0.25) is 0 Å². The number of nitrogens with one attached hydrogen (secondary N) is 1. The molecule has 0 spiro atoms. The summed E-state index contributed by atoms with van der Waals surface area (Å²) in [6, 6.07) is 8.91. The van der Waals surface area contributed by atoms with Crippen molar-refractivity contribution in [2.45, 2.75) is 59.0 Å². The smallest absolute Gasteiger partial charge is 0.309 e. The van der Waals surface area contributed by atoms with Gasteiger partial charge in [0.25, 0.3) is 0 Å². The second-order valence-corrected chi connectivity index (χ2v) is 8.34. The van der Waals surface area contributed by atoms with E-state index in [1.54, 1.807) is 0 Å². The lowest BCUT2D eigenvalue weighted by Gasteiger charge is -2.33. The van der Waals surface area contributed by atoms with Crippen molar-refractivity contribution in [3.8, 4) is 0 Å². The van der Waals surface area contributed by atoms with E-state index < -0.39 is 0 Å². The van der Waals surface area contributed by atoms with Gasteiger partial charge in [-0.05, 0) is 63.7 Å². The fourth-order valence-electron chi connectivity index (χ4n) is 4.30. The molecule has 30 heavy (non-hydrogen) atoms. The molecule has 0 unspecified atom stereocenters. The van der Waals surface area contributed by atoms with Gasteiger partial charge in [0, 0.05) is 26.2 Å². The first-order valence-electron chi connectivity index (χ1n) is 11.7. The maximum absolute atomic E-state index is 12.0. The van der Waals surface area contributed by atoms with Gasteiger partial charge in [0.1, 0.15) is 0 Å². The number of esters is 1. The van der Waals surface area contributed by atoms with E-state index in [1.165, 1.54) is 43.5 Å². The van der Waals surface area contributed by atoms with Gasteiger partial charge in [-0.2, -0.15) is 0 Å². The van der Waals surface area contributed by atoms with E-state index in [1.807, 2.05) is 6.92 Å². The first kappa shape index (κ1) is 22.6. The molecule has 2 saturated heterocycles. The van der Waals surface area contributed by atoms with E-state index >= 15 is 0 Å². The van der Waals surface area contributed by atoms with Crippen LogP contribution < -0.4 is 5.32 Å². The predicted octanol–water partition coefficient (Wildman–Crippen LogP) is 3.41. The Balaban J connectivity index is 1.52. The van der Waals surface area contributed by atoms with Crippen LogP contribution in [0.3, 0.4) is 0 Å². The van der Waals surface area contributed by atoms with Crippen molar-refractivity contribution in [3.63, 3.8) is 0 Å². The van der Waals surface area contributed by atoms with Crippen LogP contribution in [0.15, 0.2) is 29.3 Å². The Hall–Kier alpha value is -2.08. The number of piperidine rings is 2. The molecule has 3 rings (SSSR count). The SMILES string of the molecule is CCNC(=NCc1ccc(CN2CCCCC2)cc1)N1CCC(C(=O)OCC)CC1. The number of guanidine groups is 1. The van der Waals surface area contributed by atoms with Crippen LogP contribution in [0.5, 0.6) is 0 Å². The molecule has 1 N–H and O–H groups in total. The molecule has 0 radical (unpaired) electrons. The van der Waals surface area contributed by atoms with Crippen molar-refractivity contribution >= 4 is 11.9 Å². The first-order valence-corrected chi connectivity index (χ1v) is 11.7. The zero-order chi connectivity index (χ0) is 21.2. The number of hydrogen-bond acceptors (Lipinski definition) is 4. The van der Waals surface area contributed by atoms with Gasteiger partial charge in [0.05, 0.1) is 19.1 Å². The van der Waals surface area contributed by atoms with Crippen molar-refractivity contribution in [3.05, 3.63) is 35.4 Å². The highest BCUT2D eigenvalue weighted by Gasteiger charge is 2.27. The van der Waals surface area contributed by atoms with Gasteiger partial charge in [-0.15, -0.1) is 0 Å². The second-order valence-electron chi connectivity index (χ2n) is 8.34. The van der Waals surface area contributed by atoms with Crippen molar-refractivity contribution in [2.24, 2.45) is 10.9 Å². The standard InChI is InChI=1S/C24H38N4O2/c1-3-25-24(28-16-12-22(13-17-28)23(29)30-4-2)26-18-20-8-10-21(11-9-20)19-27-14-6-5-7-15-27/h8-11,22H,3-7,12-19H2,1-2H3,(H,25,26). The highest BCUT2D eigenvalue weighted by Crippen LogP contribution is 2.19. The Bertz CT molecular complexity index is 675. The van der Waals surface area contributed by atoms with Crippen LogP contribution in [0.1, 0.15) is 57.1 Å². The lowest BCUT2D eigenvalue weighted by atomic mass is 9.97. The second kappa shape index (κ2) is 11.9. The number of aliphatic imine (C=N–C) groups is 1. The summed E-state index contributed by atoms with van der Waals surface area (Å²) in [4.78, 5) is 21.7. The number of carbonyl (C=O) groups excluding carboxylic acids is 1. The number of ether oxygens (including phenoxy) is 1. The summed E-state index contributed by atoms with van der Waals surface area (Å²) in [7, 11) is 0. The van der Waals surface area contributed by atoms with Gasteiger partial charge in [0.15, 0.2) is 5.96 Å². The average molecular weight is 415 g/mol. The Labute approximate surface area is 181 Å². The van der Waals surface area contributed by atoms with E-state index in [2.05, 4.69) is 46.3 Å². The van der Waals surface area contributed by atoms with Crippen molar-refractivity contribution in [1.82, 2.24) is 15.1 Å². The Morgan fingerprint density at radius 1 is 1.03 bits per heavy atom.